The normalized spacial score (nSPS) is 20.2. The largest absolute Gasteiger partial charge is 0.354 e. The molecule has 0 unspecified atom stereocenters. The molecule has 150 valence electrons. The van der Waals surface area contributed by atoms with Crippen LogP contribution in [0.5, 0.6) is 0 Å². The van der Waals surface area contributed by atoms with Gasteiger partial charge in [-0.25, -0.2) is 4.68 Å². The summed E-state index contributed by atoms with van der Waals surface area (Å²) < 4.78 is 1.88. The molecular weight excluding hydrogens is 344 g/mol. The highest BCUT2D eigenvalue weighted by Crippen LogP contribution is 2.29. The van der Waals surface area contributed by atoms with E-state index < -0.39 is 5.54 Å². The lowest BCUT2D eigenvalue weighted by atomic mass is 9.80. The molecule has 1 saturated heterocycles. The van der Waals surface area contributed by atoms with Gasteiger partial charge in [-0.15, -0.1) is 5.10 Å². The van der Waals surface area contributed by atoms with Gasteiger partial charge in [-0.3, -0.25) is 9.59 Å². The van der Waals surface area contributed by atoms with Crippen LogP contribution < -0.4 is 16.0 Å². The van der Waals surface area contributed by atoms with E-state index in [1.54, 1.807) is 0 Å². The van der Waals surface area contributed by atoms with Gasteiger partial charge in [0.1, 0.15) is 5.54 Å². The predicted octanol–water partition coefficient (Wildman–Crippen LogP) is 1.47. The summed E-state index contributed by atoms with van der Waals surface area (Å²) in [5, 5.41) is 17.7. The molecule has 1 aliphatic heterocycles. The van der Waals surface area contributed by atoms with Gasteiger partial charge in [0.25, 0.3) is 5.91 Å². The fourth-order valence-electron chi connectivity index (χ4n) is 4.20. The standard InChI is InChI=1S/C19H32N6O2/c1-3-11-21-18(27)19(9-5-4-6-10-19)22-17(26)16-14(2)25(24-23-16)15-7-12-20-13-8-15/h15,20H,3-13H2,1-2H3,(H,21,27)(H,22,26). The summed E-state index contributed by atoms with van der Waals surface area (Å²) in [6, 6.07) is 0.275. The number of rotatable bonds is 6. The molecule has 3 rings (SSSR count). The second-order valence-corrected chi connectivity index (χ2v) is 7.80. The first-order chi connectivity index (χ1) is 13.1. The molecular formula is C19H32N6O2. The van der Waals surface area contributed by atoms with Crippen LogP contribution in [0.1, 0.15) is 80.5 Å². The molecule has 2 aliphatic rings. The summed E-state index contributed by atoms with van der Waals surface area (Å²) in [5.74, 6) is -0.359. The second kappa shape index (κ2) is 8.82. The third kappa shape index (κ3) is 4.31. The van der Waals surface area contributed by atoms with Crippen molar-refractivity contribution in [2.45, 2.75) is 76.8 Å². The number of nitrogens with zero attached hydrogens (tertiary/aromatic N) is 3. The molecule has 0 bridgehead atoms. The molecule has 2 fully saturated rings. The summed E-state index contributed by atoms with van der Waals surface area (Å²) >= 11 is 0. The van der Waals surface area contributed by atoms with Gasteiger partial charge >= 0.3 is 0 Å². The summed E-state index contributed by atoms with van der Waals surface area (Å²) in [6.45, 7) is 6.44. The van der Waals surface area contributed by atoms with E-state index in [4.69, 9.17) is 0 Å². The molecule has 2 heterocycles. The fraction of sp³-hybridized carbons (Fsp3) is 0.789. The molecule has 0 aromatic carbocycles. The molecule has 3 N–H and O–H groups in total. The Morgan fingerprint density at radius 1 is 1.22 bits per heavy atom. The highest BCUT2D eigenvalue weighted by Gasteiger charge is 2.41. The van der Waals surface area contributed by atoms with Crippen molar-refractivity contribution in [1.29, 1.82) is 0 Å². The predicted molar refractivity (Wildman–Crippen MR) is 102 cm³/mol. The van der Waals surface area contributed by atoms with Gasteiger partial charge in [0.2, 0.25) is 5.91 Å². The quantitative estimate of drug-likeness (QED) is 0.698. The topological polar surface area (TPSA) is 101 Å². The van der Waals surface area contributed by atoms with Crippen LogP contribution >= 0.6 is 0 Å². The Kier molecular flexibility index (Phi) is 6.46. The van der Waals surface area contributed by atoms with Crippen LogP contribution in [0.4, 0.5) is 0 Å². The summed E-state index contributed by atoms with van der Waals surface area (Å²) in [6.07, 6.45) is 7.18. The third-order valence-corrected chi connectivity index (χ3v) is 5.83. The van der Waals surface area contributed by atoms with Crippen LogP contribution in [0.2, 0.25) is 0 Å². The molecule has 0 atom stereocenters. The van der Waals surface area contributed by atoms with Crippen molar-refractivity contribution >= 4 is 11.8 Å². The monoisotopic (exact) mass is 376 g/mol. The van der Waals surface area contributed by atoms with Gasteiger partial charge < -0.3 is 16.0 Å². The van der Waals surface area contributed by atoms with E-state index in [2.05, 4.69) is 26.3 Å². The van der Waals surface area contributed by atoms with Gasteiger partial charge in [-0.1, -0.05) is 31.4 Å². The van der Waals surface area contributed by atoms with E-state index in [1.165, 1.54) is 0 Å². The lowest BCUT2D eigenvalue weighted by molar-refractivity contribution is -0.128. The van der Waals surface area contributed by atoms with Crippen LogP contribution in [0.25, 0.3) is 0 Å². The fourth-order valence-corrected chi connectivity index (χ4v) is 4.20. The van der Waals surface area contributed by atoms with Gasteiger partial charge in [0, 0.05) is 6.54 Å². The minimum absolute atomic E-state index is 0.0687. The first-order valence-corrected chi connectivity index (χ1v) is 10.3. The molecule has 27 heavy (non-hydrogen) atoms. The number of carbonyl (C=O) groups is 2. The Morgan fingerprint density at radius 3 is 2.59 bits per heavy atom. The van der Waals surface area contributed by atoms with E-state index in [1.807, 2.05) is 18.5 Å². The lowest BCUT2D eigenvalue weighted by Crippen LogP contribution is -2.60. The molecule has 0 spiro atoms. The minimum atomic E-state index is -0.824. The molecule has 1 saturated carbocycles. The van der Waals surface area contributed by atoms with E-state index in [9.17, 15) is 9.59 Å². The SMILES string of the molecule is CCCNC(=O)C1(NC(=O)c2nnn(C3CCNCC3)c2C)CCCCC1. The number of carbonyl (C=O) groups excluding carboxylic acids is 2. The highest BCUT2D eigenvalue weighted by molar-refractivity contribution is 5.98. The Labute approximate surface area is 160 Å². The van der Waals surface area contributed by atoms with Crippen molar-refractivity contribution in [2.75, 3.05) is 19.6 Å². The average molecular weight is 377 g/mol. The van der Waals surface area contributed by atoms with Crippen LogP contribution in [-0.4, -0.2) is 52.0 Å². The minimum Gasteiger partial charge on any atom is -0.354 e. The molecule has 8 nitrogen and oxygen atoms in total. The summed E-state index contributed by atoms with van der Waals surface area (Å²) in [7, 11) is 0. The van der Waals surface area contributed by atoms with Crippen molar-refractivity contribution in [3.63, 3.8) is 0 Å². The maximum absolute atomic E-state index is 13.0. The van der Waals surface area contributed by atoms with Crippen molar-refractivity contribution in [3.05, 3.63) is 11.4 Å². The first-order valence-electron chi connectivity index (χ1n) is 10.3. The van der Waals surface area contributed by atoms with Crippen LogP contribution in [-0.2, 0) is 4.79 Å². The number of piperidine rings is 1. The third-order valence-electron chi connectivity index (χ3n) is 5.83. The second-order valence-electron chi connectivity index (χ2n) is 7.80. The smallest absolute Gasteiger partial charge is 0.274 e. The van der Waals surface area contributed by atoms with Crippen molar-refractivity contribution in [3.8, 4) is 0 Å². The molecule has 0 radical (unpaired) electrons. The summed E-state index contributed by atoms with van der Waals surface area (Å²) in [5.41, 5.74) is 0.288. The maximum atomic E-state index is 13.0. The molecule has 1 aromatic heterocycles. The number of nitrogens with one attached hydrogen (secondary N) is 3. The zero-order valence-electron chi connectivity index (χ0n) is 16.5. The first kappa shape index (κ1) is 19.8. The molecule has 2 amide bonds. The van der Waals surface area contributed by atoms with Crippen LogP contribution in [0.3, 0.4) is 0 Å². The number of aromatic nitrogens is 3. The lowest BCUT2D eigenvalue weighted by Gasteiger charge is -2.36. The number of hydrogen-bond donors (Lipinski definition) is 3. The van der Waals surface area contributed by atoms with Crippen molar-refractivity contribution in [1.82, 2.24) is 30.9 Å². The molecule has 8 heteroatoms. The van der Waals surface area contributed by atoms with Gasteiger partial charge in [0.05, 0.1) is 11.7 Å². The Balaban J connectivity index is 1.75. The van der Waals surface area contributed by atoms with Gasteiger partial charge in [-0.05, 0) is 52.1 Å². The van der Waals surface area contributed by atoms with E-state index in [0.717, 1.165) is 57.3 Å². The van der Waals surface area contributed by atoms with Crippen LogP contribution in [0.15, 0.2) is 0 Å². The number of amides is 2. The Bertz CT molecular complexity index is 659. The highest BCUT2D eigenvalue weighted by atomic mass is 16.2. The van der Waals surface area contributed by atoms with Crippen LogP contribution in [0, 0.1) is 6.92 Å². The molecule has 1 aromatic rings. The summed E-state index contributed by atoms with van der Waals surface area (Å²) in [4.78, 5) is 25.8. The average Bonchev–Trinajstić information content (AvgIpc) is 3.09. The van der Waals surface area contributed by atoms with Gasteiger partial charge in [-0.2, -0.15) is 0 Å². The van der Waals surface area contributed by atoms with Crippen molar-refractivity contribution in [2.24, 2.45) is 0 Å². The van der Waals surface area contributed by atoms with Gasteiger partial charge in [0.15, 0.2) is 5.69 Å². The van der Waals surface area contributed by atoms with E-state index in [0.29, 0.717) is 25.1 Å². The van der Waals surface area contributed by atoms with E-state index >= 15 is 0 Å². The maximum Gasteiger partial charge on any atom is 0.274 e. The zero-order valence-corrected chi connectivity index (χ0v) is 16.5. The molecule has 1 aliphatic carbocycles. The number of hydrogen-bond acceptors (Lipinski definition) is 5. The van der Waals surface area contributed by atoms with Crippen molar-refractivity contribution < 1.29 is 9.59 Å². The Hall–Kier alpha value is -1.96. The van der Waals surface area contributed by atoms with E-state index in [-0.39, 0.29) is 17.9 Å². The Morgan fingerprint density at radius 2 is 1.93 bits per heavy atom. The zero-order chi connectivity index (χ0) is 19.3.